The standard InChI is InChI=1S/C16H17ClFNO5/c17-11-2-1-9(7-12(11)18)14-10(3-5-24-14)15(20)19-4-6-23-13(8-19)16(21)22/h1-2,7,10,13-14H,3-6,8H2,(H,21,22)/t10-,13?,14+/m1/s1. The maximum Gasteiger partial charge on any atom is 0.334 e. The molecule has 8 heteroatoms. The van der Waals surface area contributed by atoms with Crippen molar-refractivity contribution in [1.29, 1.82) is 0 Å². The summed E-state index contributed by atoms with van der Waals surface area (Å²) in [6.07, 6.45) is -1.07. The minimum Gasteiger partial charge on any atom is -0.479 e. The zero-order valence-corrected chi connectivity index (χ0v) is 13.5. The summed E-state index contributed by atoms with van der Waals surface area (Å²) >= 11 is 5.69. The molecule has 1 aromatic rings. The number of rotatable bonds is 3. The molecule has 1 amide bonds. The summed E-state index contributed by atoms with van der Waals surface area (Å²) < 4.78 is 24.5. The number of hydrogen-bond acceptors (Lipinski definition) is 4. The Kier molecular flexibility index (Phi) is 5.03. The number of halogens is 2. The zero-order valence-electron chi connectivity index (χ0n) is 12.8. The lowest BCUT2D eigenvalue weighted by molar-refractivity contribution is -0.161. The van der Waals surface area contributed by atoms with Gasteiger partial charge < -0.3 is 19.5 Å². The Bertz CT molecular complexity index is 655. The first-order valence-corrected chi connectivity index (χ1v) is 8.05. The van der Waals surface area contributed by atoms with Gasteiger partial charge in [-0.25, -0.2) is 9.18 Å². The molecule has 0 aliphatic carbocycles. The first-order valence-electron chi connectivity index (χ1n) is 7.67. The van der Waals surface area contributed by atoms with E-state index in [1.54, 1.807) is 6.07 Å². The van der Waals surface area contributed by atoms with Crippen LogP contribution in [0.2, 0.25) is 5.02 Å². The van der Waals surface area contributed by atoms with Crippen LogP contribution in [0.4, 0.5) is 4.39 Å². The highest BCUT2D eigenvalue weighted by molar-refractivity contribution is 6.30. The normalized spacial score (nSPS) is 27.2. The Balaban J connectivity index is 1.76. The number of ether oxygens (including phenoxy) is 2. The van der Waals surface area contributed by atoms with E-state index in [9.17, 15) is 14.0 Å². The molecule has 6 nitrogen and oxygen atoms in total. The fourth-order valence-electron chi connectivity index (χ4n) is 3.09. The van der Waals surface area contributed by atoms with Crippen molar-refractivity contribution in [2.75, 3.05) is 26.3 Å². The molecule has 3 rings (SSSR count). The molecule has 2 fully saturated rings. The number of amides is 1. The van der Waals surface area contributed by atoms with Crippen LogP contribution < -0.4 is 0 Å². The SMILES string of the molecule is O=C(O)C1CN(C(=O)[C@@H]2CCO[C@H]2c2ccc(Cl)c(F)c2)CCO1. The van der Waals surface area contributed by atoms with E-state index >= 15 is 0 Å². The first-order chi connectivity index (χ1) is 11.5. The average molecular weight is 358 g/mol. The third kappa shape index (κ3) is 3.38. The van der Waals surface area contributed by atoms with Crippen LogP contribution in [-0.2, 0) is 19.1 Å². The smallest absolute Gasteiger partial charge is 0.334 e. The molecule has 3 atom stereocenters. The van der Waals surface area contributed by atoms with Crippen LogP contribution in [0.25, 0.3) is 0 Å². The second kappa shape index (κ2) is 7.04. The van der Waals surface area contributed by atoms with Crippen molar-refractivity contribution in [3.05, 3.63) is 34.6 Å². The number of carbonyl (C=O) groups excluding carboxylic acids is 1. The minimum atomic E-state index is -1.09. The van der Waals surface area contributed by atoms with Crippen LogP contribution in [0.5, 0.6) is 0 Å². The van der Waals surface area contributed by atoms with Gasteiger partial charge in [-0.3, -0.25) is 4.79 Å². The lowest BCUT2D eigenvalue weighted by atomic mass is 9.93. The van der Waals surface area contributed by atoms with Crippen LogP contribution in [-0.4, -0.2) is 54.3 Å². The Hall–Kier alpha value is -1.70. The summed E-state index contributed by atoms with van der Waals surface area (Å²) in [5.41, 5.74) is 0.552. The molecular weight excluding hydrogens is 341 g/mol. The molecule has 130 valence electrons. The highest BCUT2D eigenvalue weighted by Crippen LogP contribution is 2.37. The Morgan fingerprint density at radius 1 is 1.29 bits per heavy atom. The summed E-state index contributed by atoms with van der Waals surface area (Å²) in [5.74, 6) is -2.32. The lowest BCUT2D eigenvalue weighted by Crippen LogP contribution is -2.50. The van der Waals surface area contributed by atoms with Gasteiger partial charge >= 0.3 is 5.97 Å². The van der Waals surface area contributed by atoms with Gasteiger partial charge in [-0.2, -0.15) is 0 Å². The van der Waals surface area contributed by atoms with E-state index < -0.39 is 29.9 Å². The van der Waals surface area contributed by atoms with Crippen molar-refractivity contribution in [3.63, 3.8) is 0 Å². The van der Waals surface area contributed by atoms with Gasteiger partial charge in [0.25, 0.3) is 0 Å². The van der Waals surface area contributed by atoms with E-state index in [1.165, 1.54) is 17.0 Å². The molecule has 0 bridgehead atoms. The highest BCUT2D eigenvalue weighted by Gasteiger charge is 2.40. The quantitative estimate of drug-likeness (QED) is 0.893. The second-order valence-corrected chi connectivity index (χ2v) is 6.25. The van der Waals surface area contributed by atoms with Crippen LogP contribution >= 0.6 is 11.6 Å². The predicted octanol–water partition coefficient (Wildman–Crippen LogP) is 1.87. The largest absolute Gasteiger partial charge is 0.479 e. The number of carboxylic acids is 1. The van der Waals surface area contributed by atoms with E-state index in [-0.39, 0.29) is 24.1 Å². The van der Waals surface area contributed by atoms with Gasteiger partial charge in [0.1, 0.15) is 5.82 Å². The molecule has 0 saturated carbocycles. The second-order valence-electron chi connectivity index (χ2n) is 5.84. The van der Waals surface area contributed by atoms with Gasteiger partial charge in [0.05, 0.1) is 30.2 Å². The van der Waals surface area contributed by atoms with E-state index in [1.807, 2.05) is 0 Å². The van der Waals surface area contributed by atoms with Crippen molar-refractivity contribution in [2.24, 2.45) is 5.92 Å². The lowest BCUT2D eigenvalue weighted by Gasteiger charge is -2.33. The van der Waals surface area contributed by atoms with Crippen LogP contribution in [0.1, 0.15) is 18.1 Å². The molecule has 2 aliphatic heterocycles. The van der Waals surface area contributed by atoms with Crippen molar-refractivity contribution in [2.45, 2.75) is 18.6 Å². The van der Waals surface area contributed by atoms with E-state index in [0.29, 0.717) is 25.1 Å². The summed E-state index contributed by atoms with van der Waals surface area (Å²) in [7, 11) is 0. The summed E-state index contributed by atoms with van der Waals surface area (Å²) in [6, 6.07) is 4.35. The maximum absolute atomic E-state index is 13.7. The number of nitrogens with zero attached hydrogens (tertiary/aromatic N) is 1. The van der Waals surface area contributed by atoms with Gasteiger partial charge in [-0.15, -0.1) is 0 Å². The molecule has 0 aromatic heterocycles. The molecule has 0 spiro atoms. The van der Waals surface area contributed by atoms with Crippen molar-refractivity contribution in [1.82, 2.24) is 4.90 Å². The summed E-state index contributed by atoms with van der Waals surface area (Å²) in [4.78, 5) is 25.3. The van der Waals surface area contributed by atoms with Crippen LogP contribution in [0.3, 0.4) is 0 Å². The fourth-order valence-corrected chi connectivity index (χ4v) is 3.21. The molecule has 1 aromatic carbocycles. The van der Waals surface area contributed by atoms with Crippen molar-refractivity contribution < 1.29 is 28.6 Å². The molecular formula is C16H17ClFNO5. The van der Waals surface area contributed by atoms with E-state index in [0.717, 1.165) is 0 Å². The topological polar surface area (TPSA) is 76.1 Å². The van der Waals surface area contributed by atoms with E-state index in [4.69, 9.17) is 26.2 Å². The van der Waals surface area contributed by atoms with Gasteiger partial charge in [0, 0.05) is 13.2 Å². The van der Waals surface area contributed by atoms with E-state index in [2.05, 4.69) is 0 Å². The monoisotopic (exact) mass is 357 g/mol. The van der Waals surface area contributed by atoms with Crippen LogP contribution in [0.15, 0.2) is 18.2 Å². The third-order valence-corrected chi connectivity index (χ3v) is 4.64. The molecule has 0 radical (unpaired) electrons. The molecule has 1 N–H and O–H groups in total. The molecule has 1 unspecified atom stereocenters. The molecule has 24 heavy (non-hydrogen) atoms. The Morgan fingerprint density at radius 2 is 2.08 bits per heavy atom. The van der Waals surface area contributed by atoms with Gasteiger partial charge in [-0.05, 0) is 24.1 Å². The fraction of sp³-hybridized carbons (Fsp3) is 0.500. The van der Waals surface area contributed by atoms with Gasteiger partial charge in [-0.1, -0.05) is 17.7 Å². The number of benzene rings is 1. The predicted molar refractivity (Wildman–Crippen MR) is 82.2 cm³/mol. The Labute approximate surface area is 143 Å². The zero-order chi connectivity index (χ0) is 17.3. The minimum absolute atomic E-state index is 0.00632. The summed E-state index contributed by atoms with van der Waals surface area (Å²) in [5, 5.41) is 9.06. The summed E-state index contributed by atoms with van der Waals surface area (Å²) in [6.45, 7) is 0.904. The number of carboxylic acid groups (broad SMARTS) is 1. The van der Waals surface area contributed by atoms with Crippen LogP contribution in [0, 0.1) is 11.7 Å². The van der Waals surface area contributed by atoms with Crippen molar-refractivity contribution in [3.8, 4) is 0 Å². The number of aliphatic carboxylic acids is 1. The van der Waals surface area contributed by atoms with Gasteiger partial charge in [0.2, 0.25) is 5.91 Å². The number of carbonyl (C=O) groups is 2. The number of hydrogen-bond donors (Lipinski definition) is 1. The average Bonchev–Trinajstić information content (AvgIpc) is 3.06. The Morgan fingerprint density at radius 3 is 2.79 bits per heavy atom. The van der Waals surface area contributed by atoms with Crippen molar-refractivity contribution >= 4 is 23.5 Å². The highest BCUT2D eigenvalue weighted by atomic mass is 35.5. The van der Waals surface area contributed by atoms with Gasteiger partial charge in [0.15, 0.2) is 6.10 Å². The first kappa shape index (κ1) is 17.1. The molecule has 2 saturated heterocycles. The third-order valence-electron chi connectivity index (χ3n) is 4.33. The molecule has 2 heterocycles. The maximum atomic E-state index is 13.7. The molecule has 2 aliphatic rings. The number of morpholine rings is 1.